The van der Waals surface area contributed by atoms with Crippen molar-refractivity contribution in [1.82, 2.24) is 5.32 Å². The van der Waals surface area contributed by atoms with Gasteiger partial charge in [0, 0.05) is 12.1 Å². The molecule has 0 aromatic carbocycles. The van der Waals surface area contributed by atoms with Crippen molar-refractivity contribution in [2.45, 2.75) is 38.6 Å². The zero-order valence-corrected chi connectivity index (χ0v) is 8.56. The number of likely N-dealkylation sites (N-methyl/N-ethyl adjacent to an activating group) is 1. The minimum absolute atomic E-state index is 0.242. The Labute approximate surface area is 75.9 Å². The first kappa shape index (κ1) is 10.0. The Balaban J connectivity index is 2.58. The topological polar surface area (TPSA) is 38.0 Å². The highest BCUT2D eigenvalue weighted by atomic mass is 15.0. The van der Waals surface area contributed by atoms with Crippen LogP contribution >= 0.6 is 0 Å². The Morgan fingerprint density at radius 1 is 1.42 bits per heavy atom. The van der Waals surface area contributed by atoms with E-state index in [1.165, 1.54) is 19.3 Å². The minimum atomic E-state index is 0.242. The third kappa shape index (κ3) is 1.80. The zero-order valence-electron chi connectivity index (χ0n) is 8.56. The molecule has 3 atom stereocenters. The molecule has 1 aliphatic carbocycles. The van der Waals surface area contributed by atoms with Gasteiger partial charge in [0.15, 0.2) is 0 Å². The van der Waals surface area contributed by atoms with Crippen molar-refractivity contribution in [1.29, 1.82) is 0 Å². The summed E-state index contributed by atoms with van der Waals surface area (Å²) < 4.78 is 0. The highest BCUT2D eigenvalue weighted by molar-refractivity contribution is 4.94. The van der Waals surface area contributed by atoms with Crippen LogP contribution in [-0.4, -0.2) is 19.1 Å². The maximum atomic E-state index is 5.79. The lowest BCUT2D eigenvalue weighted by atomic mass is 9.71. The third-order valence-corrected chi connectivity index (χ3v) is 3.68. The fourth-order valence-corrected chi connectivity index (χ4v) is 2.22. The molecule has 0 aromatic heterocycles. The second kappa shape index (κ2) is 3.75. The van der Waals surface area contributed by atoms with E-state index in [1.807, 2.05) is 7.05 Å². The molecular formula is C10H22N2. The molecule has 1 aliphatic rings. The molecule has 0 bridgehead atoms. The smallest absolute Gasteiger partial charge is 0.0304 e. The summed E-state index contributed by atoms with van der Waals surface area (Å²) >= 11 is 0. The maximum Gasteiger partial charge on any atom is 0.0304 e. The number of nitrogens with two attached hydrogens (primary N) is 1. The van der Waals surface area contributed by atoms with Gasteiger partial charge in [0.1, 0.15) is 0 Å². The lowest BCUT2D eigenvalue weighted by Gasteiger charge is -2.42. The van der Waals surface area contributed by atoms with E-state index in [0.29, 0.717) is 0 Å². The Kier molecular flexibility index (Phi) is 3.13. The van der Waals surface area contributed by atoms with Gasteiger partial charge in [-0.15, -0.1) is 0 Å². The van der Waals surface area contributed by atoms with Crippen LogP contribution in [0.3, 0.4) is 0 Å². The molecule has 0 spiro atoms. The van der Waals surface area contributed by atoms with E-state index in [9.17, 15) is 0 Å². The number of hydrogen-bond donors (Lipinski definition) is 2. The van der Waals surface area contributed by atoms with Crippen molar-refractivity contribution in [3.05, 3.63) is 0 Å². The van der Waals surface area contributed by atoms with Crippen molar-refractivity contribution in [3.63, 3.8) is 0 Å². The molecule has 2 nitrogen and oxygen atoms in total. The van der Waals surface area contributed by atoms with Crippen molar-refractivity contribution >= 4 is 0 Å². The lowest BCUT2D eigenvalue weighted by molar-refractivity contribution is 0.154. The predicted octanol–water partition coefficient (Wildman–Crippen LogP) is 1.36. The van der Waals surface area contributed by atoms with Gasteiger partial charge in [-0.3, -0.25) is 0 Å². The average Bonchev–Trinajstić information content (AvgIpc) is 2.10. The van der Waals surface area contributed by atoms with Crippen LogP contribution in [0.15, 0.2) is 0 Å². The minimum Gasteiger partial charge on any atom is -0.329 e. The van der Waals surface area contributed by atoms with Gasteiger partial charge in [0.05, 0.1) is 0 Å². The van der Waals surface area contributed by atoms with Gasteiger partial charge in [-0.2, -0.15) is 0 Å². The highest BCUT2D eigenvalue weighted by Gasteiger charge is 2.34. The van der Waals surface area contributed by atoms with E-state index in [-0.39, 0.29) is 5.54 Å². The van der Waals surface area contributed by atoms with E-state index in [1.54, 1.807) is 0 Å². The Bertz CT molecular complexity index is 141. The second-order valence-electron chi connectivity index (χ2n) is 4.43. The Morgan fingerprint density at radius 2 is 2.08 bits per heavy atom. The largest absolute Gasteiger partial charge is 0.329 e. The fourth-order valence-electron chi connectivity index (χ4n) is 2.22. The van der Waals surface area contributed by atoms with Crippen LogP contribution in [0, 0.1) is 11.8 Å². The summed E-state index contributed by atoms with van der Waals surface area (Å²) in [5.41, 5.74) is 6.04. The maximum absolute atomic E-state index is 5.79. The number of nitrogens with one attached hydrogen (secondary N) is 1. The van der Waals surface area contributed by atoms with E-state index < -0.39 is 0 Å². The number of rotatable bonds is 2. The van der Waals surface area contributed by atoms with Crippen molar-refractivity contribution in [2.75, 3.05) is 13.6 Å². The highest BCUT2D eigenvalue weighted by Crippen LogP contribution is 2.35. The molecule has 0 amide bonds. The van der Waals surface area contributed by atoms with Gasteiger partial charge in [0.2, 0.25) is 0 Å². The van der Waals surface area contributed by atoms with Crippen LogP contribution < -0.4 is 11.1 Å². The van der Waals surface area contributed by atoms with Gasteiger partial charge >= 0.3 is 0 Å². The molecular weight excluding hydrogens is 148 g/mol. The van der Waals surface area contributed by atoms with E-state index in [0.717, 1.165) is 18.4 Å². The van der Waals surface area contributed by atoms with Gasteiger partial charge < -0.3 is 11.1 Å². The normalized spacial score (nSPS) is 43.0. The predicted molar refractivity (Wildman–Crippen MR) is 53.0 cm³/mol. The van der Waals surface area contributed by atoms with E-state index >= 15 is 0 Å². The first-order valence-corrected chi connectivity index (χ1v) is 5.02. The summed E-state index contributed by atoms with van der Waals surface area (Å²) in [6.45, 7) is 5.47. The molecule has 72 valence electrons. The molecule has 3 unspecified atom stereocenters. The summed E-state index contributed by atoms with van der Waals surface area (Å²) in [6, 6.07) is 0. The molecule has 2 heteroatoms. The quantitative estimate of drug-likeness (QED) is 0.656. The molecule has 12 heavy (non-hydrogen) atoms. The molecule has 0 saturated heterocycles. The molecule has 3 N–H and O–H groups in total. The first-order chi connectivity index (χ1) is 5.63. The first-order valence-electron chi connectivity index (χ1n) is 5.02. The van der Waals surface area contributed by atoms with Crippen molar-refractivity contribution in [3.8, 4) is 0 Å². The van der Waals surface area contributed by atoms with Gasteiger partial charge in [0.25, 0.3) is 0 Å². The second-order valence-corrected chi connectivity index (χ2v) is 4.43. The summed E-state index contributed by atoms with van der Waals surface area (Å²) in [5, 5.41) is 3.39. The van der Waals surface area contributed by atoms with Gasteiger partial charge in [-0.25, -0.2) is 0 Å². The number of hydrogen-bond acceptors (Lipinski definition) is 2. The molecule has 0 aromatic rings. The molecule has 1 rings (SSSR count). The van der Waals surface area contributed by atoms with Crippen molar-refractivity contribution in [2.24, 2.45) is 17.6 Å². The summed E-state index contributed by atoms with van der Waals surface area (Å²) in [5.74, 6) is 1.69. The zero-order chi connectivity index (χ0) is 9.19. The lowest BCUT2D eigenvalue weighted by Crippen LogP contribution is -2.53. The molecule has 0 radical (unpaired) electrons. The fraction of sp³-hybridized carbons (Fsp3) is 1.00. The van der Waals surface area contributed by atoms with Crippen LogP contribution in [0.4, 0.5) is 0 Å². The Hall–Kier alpha value is -0.0800. The standard InChI is InChI=1S/C10H22N2/c1-8-4-5-10(7-11,12-3)6-9(8)2/h8-9,12H,4-7,11H2,1-3H3. The van der Waals surface area contributed by atoms with Crippen LogP contribution in [-0.2, 0) is 0 Å². The van der Waals surface area contributed by atoms with Crippen LogP contribution in [0.2, 0.25) is 0 Å². The summed E-state index contributed by atoms with van der Waals surface area (Å²) in [6.07, 6.45) is 3.80. The van der Waals surface area contributed by atoms with E-state index in [2.05, 4.69) is 19.2 Å². The SMILES string of the molecule is CNC1(CN)CCC(C)C(C)C1. The average molecular weight is 170 g/mol. The monoisotopic (exact) mass is 170 g/mol. The van der Waals surface area contributed by atoms with Crippen molar-refractivity contribution < 1.29 is 0 Å². The van der Waals surface area contributed by atoms with E-state index in [4.69, 9.17) is 5.73 Å². The molecule has 0 aliphatic heterocycles. The van der Waals surface area contributed by atoms with Gasteiger partial charge in [-0.05, 0) is 38.1 Å². The summed E-state index contributed by atoms with van der Waals surface area (Å²) in [4.78, 5) is 0. The van der Waals surface area contributed by atoms with Crippen LogP contribution in [0.25, 0.3) is 0 Å². The third-order valence-electron chi connectivity index (χ3n) is 3.68. The molecule has 0 heterocycles. The Morgan fingerprint density at radius 3 is 2.50 bits per heavy atom. The molecule has 1 fully saturated rings. The van der Waals surface area contributed by atoms with Gasteiger partial charge in [-0.1, -0.05) is 13.8 Å². The molecule has 1 saturated carbocycles. The van der Waals surface area contributed by atoms with Crippen LogP contribution in [0.1, 0.15) is 33.1 Å². The summed E-state index contributed by atoms with van der Waals surface area (Å²) in [7, 11) is 2.04. The van der Waals surface area contributed by atoms with Crippen LogP contribution in [0.5, 0.6) is 0 Å².